The summed E-state index contributed by atoms with van der Waals surface area (Å²) in [5.41, 5.74) is 1.86. The molecule has 2 unspecified atom stereocenters. The van der Waals surface area contributed by atoms with Gasteiger partial charge in [0.2, 0.25) is 0 Å². The molecule has 0 bridgehead atoms. The van der Waals surface area contributed by atoms with Crippen LogP contribution >= 0.6 is 0 Å². The van der Waals surface area contributed by atoms with Crippen molar-refractivity contribution in [2.24, 2.45) is 0 Å². The first-order valence-corrected chi connectivity index (χ1v) is 6.38. The van der Waals surface area contributed by atoms with Gasteiger partial charge in [0.1, 0.15) is 12.0 Å². The van der Waals surface area contributed by atoms with Gasteiger partial charge in [0.15, 0.2) is 0 Å². The third-order valence-corrected chi connectivity index (χ3v) is 3.22. The van der Waals surface area contributed by atoms with E-state index in [9.17, 15) is 4.79 Å². The number of carbonyl (C=O) groups excluding carboxylic acids is 1. The predicted octanol–water partition coefficient (Wildman–Crippen LogP) is 4.19. The molecule has 1 aromatic rings. The largest absolute Gasteiger partial charge is 0.490 e. The molecule has 0 amide bonds. The standard InChI is InChI=1S/C15H22O2/c1-5-11(3)14-9-13(10-16)7-8-15(14)17-12(4)6-2/h7-12H,5-6H2,1-4H3. The lowest BCUT2D eigenvalue weighted by Gasteiger charge is -2.19. The highest BCUT2D eigenvalue weighted by molar-refractivity contribution is 5.75. The molecule has 2 atom stereocenters. The van der Waals surface area contributed by atoms with E-state index in [-0.39, 0.29) is 6.10 Å². The van der Waals surface area contributed by atoms with E-state index in [1.165, 1.54) is 0 Å². The first-order valence-electron chi connectivity index (χ1n) is 6.38. The molecular formula is C15H22O2. The Hall–Kier alpha value is -1.31. The number of ether oxygens (including phenoxy) is 1. The van der Waals surface area contributed by atoms with Gasteiger partial charge in [0.05, 0.1) is 6.10 Å². The number of aldehydes is 1. The Bertz CT molecular complexity index is 371. The molecular weight excluding hydrogens is 212 g/mol. The Balaban J connectivity index is 3.05. The molecule has 0 spiro atoms. The maximum Gasteiger partial charge on any atom is 0.150 e. The average Bonchev–Trinajstić information content (AvgIpc) is 2.38. The summed E-state index contributed by atoms with van der Waals surface area (Å²) < 4.78 is 5.90. The average molecular weight is 234 g/mol. The van der Waals surface area contributed by atoms with Crippen molar-refractivity contribution >= 4 is 6.29 Å². The molecule has 2 heteroatoms. The van der Waals surface area contributed by atoms with E-state index < -0.39 is 0 Å². The van der Waals surface area contributed by atoms with Crippen LogP contribution in [0.3, 0.4) is 0 Å². The summed E-state index contributed by atoms with van der Waals surface area (Å²) in [4.78, 5) is 10.8. The lowest BCUT2D eigenvalue weighted by atomic mass is 9.96. The highest BCUT2D eigenvalue weighted by atomic mass is 16.5. The molecule has 0 aliphatic heterocycles. The highest BCUT2D eigenvalue weighted by Crippen LogP contribution is 2.30. The quantitative estimate of drug-likeness (QED) is 0.690. The van der Waals surface area contributed by atoms with Crippen LogP contribution in [0.25, 0.3) is 0 Å². The van der Waals surface area contributed by atoms with E-state index in [1.54, 1.807) is 0 Å². The van der Waals surface area contributed by atoms with Crippen LogP contribution in [0.4, 0.5) is 0 Å². The van der Waals surface area contributed by atoms with Crippen molar-refractivity contribution < 1.29 is 9.53 Å². The van der Waals surface area contributed by atoms with Gasteiger partial charge in [-0.3, -0.25) is 4.79 Å². The maximum atomic E-state index is 10.8. The Morgan fingerprint density at radius 1 is 1.24 bits per heavy atom. The minimum absolute atomic E-state index is 0.208. The SMILES string of the molecule is CCC(C)Oc1ccc(C=O)cc1C(C)CC. The lowest BCUT2D eigenvalue weighted by molar-refractivity contribution is 0.112. The van der Waals surface area contributed by atoms with Crippen molar-refractivity contribution in [3.8, 4) is 5.75 Å². The van der Waals surface area contributed by atoms with E-state index in [0.29, 0.717) is 5.92 Å². The van der Waals surface area contributed by atoms with Crippen LogP contribution in [0.2, 0.25) is 0 Å². The highest BCUT2D eigenvalue weighted by Gasteiger charge is 2.13. The first kappa shape index (κ1) is 13.8. The monoisotopic (exact) mass is 234 g/mol. The summed E-state index contributed by atoms with van der Waals surface area (Å²) in [7, 11) is 0. The van der Waals surface area contributed by atoms with Crippen molar-refractivity contribution in [1.29, 1.82) is 0 Å². The van der Waals surface area contributed by atoms with Gasteiger partial charge in [-0.2, -0.15) is 0 Å². The zero-order valence-corrected chi connectivity index (χ0v) is 11.2. The fourth-order valence-electron chi connectivity index (χ4n) is 1.65. The molecule has 2 nitrogen and oxygen atoms in total. The van der Waals surface area contributed by atoms with E-state index in [2.05, 4.69) is 27.7 Å². The molecule has 0 N–H and O–H groups in total. The summed E-state index contributed by atoms with van der Waals surface area (Å²) in [5.74, 6) is 1.33. The van der Waals surface area contributed by atoms with Crippen LogP contribution in [-0.2, 0) is 0 Å². The second kappa shape index (κ2) is 6.43. The molecule has 1 aromatic carbocycles. The molecule has 0 aromatic heterocycles. The third-order valence-electron chi connectivity index (χ3n) is 3.22. The van der Waals surface area contributed by atoms with Gasteiger partial charge in [-0.05, 0) is 49.4 Å². The van der Waals surface area contributed by atoms with Crippen molar-refractivity contribution in [3.63, 3.8) is 0 Å². The molecule has 1 rings (SSSR count). The zero-order chi connectivity index (χ0) is 12.8. The fourth-order valence-corrected chi connectivity index (χ4v) is 1.65. The summed E-state index contributed by atoms with van der Waals surface area (Å²) in [6.07, 6.45) is 3.12. The number of hydrogen-bond donors (Lipinski definition) is 0. The van der Waals surface area contributed by atoms with Crippen LogP contribution in [0.15, 0.2) is 18.2 Å². The van der Waals surface area contributed by atoms with Crippen LogP contribution in [-0.4, -0.2) is 12.4 Å². The van der Waals surface area contributed by atoms with E-state index in [1.807, 2.05) is 18.2 Å². The Morgan fingerprint density at radius 3 is 2.47 bits per heavy atom. The van der Waals surface area contributed by atoms with Gasteiger partial charge in [-0.25, -0.2) is 0 Å². The van der Waals surface area contributed by atoms with Gasteiger partial charge in [0, 0.05) is 5.56 Å². The first-order chi connectivity index (χ1) is 8.12. The Labute approximate surface area is 104 Å². The number of carbonyl (C=O) groups is 1. The summed E-state index contributed by atoms with van der Waals surface area (Å²) >= 11 is 0. The van der Waals surface area contributed by atoms with Crippen LogP contribution in [0, 0.1) is 0 Å². The molecule has 0 saturated carbocycles. The molecule has 0 radical (unpaired) electrons. The zero-order valence-electron chi connectivity index (χ0n) is 11.2. The van der Waals surface area contributed by atoms with Crippen LogP contribution in [0.1, 0.15) is 62.4 Å². The number of benzene rings is 1. The van der Waals surface area contributed by atoms with E-state index >= 15 is 0 Å². The normalized spacial score (nSPS) is 14.1. The number of rotatable bonds is 6. The minimum atomic E-state index is 0.208. The second-order valence-electron chi connectivity index (χ2n) is 4.56. The third kappa shape index (κ3) is 3.58. The summed E-state index contributed by atoms with van der Waals surface area (Å²) in [6.45, 7) is 8.47. The lowest BCUT2D eigenvalue weighted by Crippen LogP contribution is -2.12. The van der Waals surface area contributed by atoms with E-state index in [0.717, 1.165) is 36.0 Å². The van der Waals surface area contributed by atoms with Crippen LogP contribution in [0.5, 0.6) is 5.75 Å². The van der Waals surface area contributed by atoms with Crippen LogP contribution < -0.4 is 4.74 Å². The topological polar surface area (TPSA) is 26.3 Å². The number of hydrogen-bond acceptors (Lipinski definition) is 2. The second-order valence-corrected chi connectivity index (χ2v) is 4.56. The molecule has 94 valence electrons. The molecule has 17 heavy (non-hydrogen) atoms. The van der Waals surface area contributed by atoms with Gasteiger partial charge in [0.25, 0.3) is 0 Å². The summed E-state index contributed by atoms with van der Waals surface area (Å²) in [5, 5.41) is 0. The Kier molecular flexibility index (Phi) is 5.20. The Morgan fingerprint density at radius 2 is 1.94 bits per heavy atom. The fraction of sp³-hybridized carbons (Fsp3) is 0.533. The molecule has 0 aliphatic carbocycles. The van der Waals surface area contributed by atoms with Gasteiger partial charge >= 0.3 is 0 Å². The van der Waals surface area contributed by atoms with E-state index in [4.69, 9.17) is 4.74 Å². The van der Waals surface area contributed by atoms with Gasteiger partial charge in [-0.15, -0.1) is 0 Å². The molecule has 0 saturated heterocycles. The maximum absolute atomic E-state index is 10.8. The van der Waals surface area contributed by atoms with Crippen molar-refractivity contribution in [2.45, 2.75) is 52.6 Å². The smallest absolute Gasteiger partial charge is 0.150 e. The molecule has 0 heterocycles. The summed E-state index contributed by atoms with van der Waals surface area (Å²) in [6, 6.07) is 5.67. The van der Waals surface area contributed by atoms with Gasteiger partial charge in [-0.1, -0.05) is 20.8 Å². The van der Waals surface area contributed by atoms with Gasteiger partial charge < -0.3 is 4.74 Å². The van der Waals surface area contributed by atoms with Crippen molar-refractivity contribution in [1.82, 2.24) is 0 Å². The predicted molar refractivity (Wildman–Crippen MR) is 70.9 cm³/mol. The van der Waals surface area contributed by atoms with Crippen molar-refractivity contribution in [3.05, 3.63) is 29.3 Å². The molecule has 0 aliphatic rings. The molecule has 0 fully saturated rings. The minimum Gasteiger partial charge on any atom is -0.490 e. The van der Waals surface area contributed by atoms with Crippen molar-refractivity contribution in [2.75, 3.05) is 0 Å².